The summed E-state index contributed by atoms with van der Waals surface area (Å²) in [5.41, 5.74) is 0. The summed E-state index contributed by atoms with van der Waals surface area (Å²) in [7, 11) is -3.47. The molecule has 1 heterocycles. The van der Waals surface area contributed by atoms with Crippen LogP contribution in [0.5, 0.6) is 0 Å². The number of sulfonamides is 1. The zero-order chi connectivity index (χ0) is 14.8. The molecule has 1 aromatic carbocycles. The van der Waals surface area contributed by atoms with Gasteiger partial charge in [-0.05, 0) is 35.0 Å². The van der Waals surface area contributed by atoms with Crippen molar-refractivity contribution >= 4 is 26.0 Å². The van der Waals surface area contributed by atoms with Gasteiger partial charge in [0.1, 0.15) is 0 Å². The Kier molecular flexibility index (Phi) is 4.81. The van der Waals surface area contributed by atoms with E-state index >= 15 is 0 Å². The Balaban J connectivity index is 2.15. The maximum atomic E-state index is 12.6. The average molecular weight is 358 g/mol. The molecule has 1 saturated heterocycles. The molecule has 7 heteroatoms. The maximum Gasteiger partial charge on any atom is 0.244 e. The summed E-state index contributed by atoms with van der Waals surface area (Å²) in [5.74, 6) is 0. The standard InChI is InChI=1S/C13H16BrN3O2S/c1-11(10-15)16-6-8-17(9-7-16)20(18,19)13-5-3-2-4-12(13)14/h2-5,11H,6-9H2,1H3. The number of benzene rings is 1. The molecule has 1 fully saturated rings. The third kappa shape index (κ3) is 3.04. The second-order valence-electron chi connectivity index (χ2n) is 4.68. The van der Waals surface area contributed by atoms with Gasteiger partial charge in [0.05, 0.1) is 17.0 Å². The minimum atomic E-state index is -3.47. The monoisotopic (exact) mass is 357 g/mol. The fourth-order valence-corrected chi connectivity index (χ4v) is 4.59. The Morgan fingerprint density at radius 1 is 1.25 bits per heavy atom. The van der Waals surface area contributed by atoms with Gasteiger partial charge in [-0.2, -0.15) is 9.57 Å². The lowest BCUT2D eigenvalue weighted by molar-refractivity contribution is 0.169. The molecular weight excluding hydrogens is 342 g/mol. The van der Waals surface area contributed by atoms with Gasteiger partial charge in [-0.3, -0.25) is 4.90 Å². The molecule has 0 aromatic heterocycles. The van der Waals surface area contributed by atoms with E-state index in [1.165, 1.54) is 4.31 Å². The van der Waals surface area contributed by atoms with Crippen LogP contribution >= 0.6 is 15.9 Å². The number of piperazine rings is 1. The van der Waals surface area contributed by atoms with Crippen molar-refractivity contribution < 1.29 is 8.42 Å². The highest BCUT2D eigenvalue weighted by Gasteiger charge is 2.30. The van der Waals surface area contributed by atoms with Gasteiger partial charge in [-0.1, -0.05) is 12.1 Å². The summed E-state index contributed by atoms with van der Waals surface area (Å²) < 4.78 is 27.2. The molecule has 1 aliphatic rings. The molecule has 1 aliphatic heterocycles. The molecule has 5 nitrogen and oxygen atoms in total. The molecule has 0 spiro atoms. The predicted octanol–water partition coefficient (Wildman–Crippen LogP) is 1.67. The van der Waals surface area contributed by atoms with E-state index in [9.17, 15) is 8.42 Å². The topological polar surface area (TPSA) is 64.4 Å². The van der Waals surface area contributed by atoms with Crippen LogP contribution in [0.4, 0.5) is 0 Å². The van der Waals surface area contributed by atoms with Crippen molar-refractivity contribution in [2.24, 2.45) is 0 Å². The SMILES string of the molecule is CC(C#N)N1CCN(S(=O)(=O)c2ccccc2Br)CC1. The molecule has 1 atom stereocenters. The molecule has 20 heavy (non-hydrogen) atoms. The van der Waals surface area contributed by atoms with Crippen molar-refractivity contribution in [2.45, 2.75) is 17.9 Å². The lowest BCUT2D eigenvalue weighted by Crippen LogP contribution is -2.50. The normalized spacial score (nSPS) is 19.4. The van der Waals surface area contributed by atoms with Crippen LogP contribution in [0.25, 0.3) is 0 Å². The van der Waals surface area contributed by atoms with E-state index in [4.69, 9.17) is 5.26 Å². The molecule has 0 radical (unpaired) electrons. The van der Waals surface area contributed by atoms with E-state index in [-0.39, 0.29) is 6.04 Å². The molecule has 2 rings (SSSR count). The van der Waals surface area contributed by atoms with Crippen molar-refractivity contribution in [3.63, 3.8) is 0 Å². The average Bonchev–Trinajstić information content (AvgIpc) is 2.47. The summed E-state index contributed by atoms with van der Waals surface area (Å²) in [6.07, 6.45) is 0. The second kappa shape index (κ2) is 6.22. The smallest absolute Gasteiger partial charge is 0.244 e. The minimum Gasteiger partial charge on any atom is -0.286 e. The van der Waals surface area contributed by atoms with Crippen molar-refractivity contribution in [3.05, 3.63) is 28.7 Å². The number of nitrogens with zero attached hydrogens (tertiary/aromatic N) is 3. The van der Waals surface area contributed by atoms with Gasteiger partial charge in [-0.15, -0.1) is 0 Å². The maximum absolute atomic E-state index is 12.6. The van der Waals surface area contributed by atoms with Crippen LogP contribution in [-0.2, 0) is 10.0 Å². The van der Waals surface area contributed by atoms with Gasteiger partial charge in [0.25, 0.3) is 0 Å². The molecule has 0 aliphatic carbocycles. The van der Waals surface area contributed by atoms with Gasteiger partial charge in [-0.25, -0.2) is 8.42 Å². The zero-order valence-electron chi connectivity index (χ0n) is 11.2. The molecule has 108 valence electrons. The van der Waals surface area contributed by atoms with Crippen LogP contribution in [-0.4, -0.2) is 49.8 Å². The lowest BCUT2D eigenvalue weighted by atomic mass is 10.2. The van der Waals surface area contributed by atoms with Crippen LogP contribution in [0.1, 0.15) is 6.92 Å². The van der Waals surface area contributed by atoms with Crippen LogP contribution in [0.3, 0.4) is 0 Å². The lowest BCUT2D eigenvalue weighted by Gasteiger charge is -2.35. The Hall–Kier alpha value is -0.940. The third-order valence-corrected chi connectivity index (χ3v) is 6.37. The summed E-state index contributed by atoms with van der Waals surface area (Å²) in [6.45, 7) is 3.82. The first-order valence-electron chi connectivity index (χ1n) is 6.35. The number of hydrogen-bond acceptors (Lipinski definition) is 4. The predicted molar refractivity (Wildman–Crippen MR) is 79.5 cm³/mol. The summed E-state index contributed by atoms with van der Waals surface area (Å²) >= 11 is 3.29. The second-order valence-corrected chi connectivity index (χ2v) is 7.44. The largest absolute Gasteiger partial charge is 0.286 e. The summed E-state index contributed by atoms with van der Waals surface area (Å²) in [4.78, 5) is 2.29. The van der Waals surface area contributed by atoms with Crippen molar-refractivity contribution in [2.75, 3.05) is 26.2 Å². The highest BCUT2D eigenvalue weighted by molar-refractivity contribution is 9.10. The Labute approximate surface area is 128 Å². The molecule has 1 aromatic rings. The Morgan fingerprint density at radius 2 is 1.85 bits per heavy atom. The van der Waals surface area contributed by atoms with E-state index in [0.29, 0.717) is 35.5 Å². The van der Waals surface area contributed by atoms with Crippen LogP contribution in [0.2, 0.25) is 0 Å². The van der Waals surface area contributed by atoms with E-state index in [1.54, 1.807) is 24.3 Å². The molecule has 0 N–H and O–H groups in total. The van der Waals surface area contributed by atoms with Crippen LogP contribution in [0.15, 0.2) is 33.6 Å². The van der Waals surface area contributed by atoms with E-state index in [2.05, 4.69) is 22.0 Å². The molecule has 0 saturated carbocycles. The van der Waals surface area contributed by atoms with Gasteiger partial charge < -0.3 is 0 Å². The highest BCUT2D eigenvalue weighted by atomic mass is 79.9. The fourth-order valence-electron chi connectivity index (χ4n) is 2.21. The summed E-state index contributed by atoms with van der Waals surface area (Å²) in [6, 6.07) is 8.83. The van der Waals surface area contributed by atoms with Gasteiger partial charge in [0.15, 0.2) is 0 Å². The quantitative estimate of drug-likeness (QED) is 0.825. The fraction of sp³-hybridized carbons (Fsp3) is 0.462. The zero-order valence-corrected chi connectivity index (χ0v) is 13.6. The van der Waals surface area contributed by atoms with Crippen molar-refractivity contribution in [1.29, 1.82) is 5.26 Å². The Bertz CT molecular complexity index is 619. The number of rotatable bonds is 3. The van der Waals surface area contributed by atoms with Crippen molar-refractivity contribution in [3.8, 4) is 6.07 Å². The molecule has 1 unspecified atom stereocenters. The van der Waals surface area contributed by atoms with Gasteiger partial charge in [0.2, 0.25) is 10.0 Å². The number of halogens is 1. The highest BCUT2D eigenvalue weighted by Crippen LogP contribution is 2.25. The first-order chi connectivity index (χ1) is 9.46. The van der Waals surface area contributed by atoms with Crippen LogP contribution < -0.4 is 0 Å². The van der Waals surface area contributed by atoms with Gasteiger partial charge in [0, 0.05) is 30.7 Å². The van der Waals surface area contributed by atoms with E-state index in [0.717, 1.165) is 0 Å². The Morgan fingerprint density at radius 3 is 2.40 bits per heavy atom. The number of hydrogen-bond donors (Lipinski definition) is 0. The first kappa shape index (κ1) is 15.4. The third-order valence-electron chi connectivity index (χ3n) is 3.46. The number of nitriles is 1. The van der Waals surface area contributed by atoms with Gasteiger partial charge >= 0.3 is 0 Å². The van der Waals surface area contributed by atoms with E-state index in [1.807, 2.05) is 11.8 Å². The molecule has 0 amide bonds. The minimum absolute atomic E-state index is 0.177. The molecule has 0 bridgehead atoms. The first-order valence-corrected chi connectivity index (χ1v) is 8.58. The summed E-state index contributed by atoms with van der Waals surface area (Å²) in [5, 5.41) is 8.90. The van der Waals surface area contributed by atoms with Crippen LogP contribution in [0, 0.1) is 11.3 Å². The molecular formula is C13H16BrN3O2S. The van der Waals surface area contributed by atoms with E-state index < -0.39 is 10.0 Å². The van der Waals surface area contributed by atoms with Crippen molar-refractivity contribution in [1.82, 2.24) is 9.21 Å².